The Morgan fingerprint density at radius 3 is 2.00 bits per heavy atom. The van der Waals surface area contributed by atoms with E-state index in [-0.39, 0.29) is 17.5 Å². The number of benzene rings is 2. The van der Waals surface area contributed by atoms with Gasteiger partial charge in [0.1, 0.15) is 6.04 Å². The summed E-state index contributed by atoms with van der Waals surface area (Å²) in [5.41, 5.74) is 0.781. The lowest BCUT2D eigenvalue weighted by atomic mass is 10.0. The molecule has 1 aliphatic rings. The Balaban J connectivity index is 1.83. The molecule has 0 aromatic heterocycles. The lowest BCUT2D eigenvalue weighted by molar-refractivity contribution is -0.152. The Morgan fingerprint density at radius 2 is 1.47 bits per heavy atom. The van der Waals surface area contributed by atoms with Gasteiger partial charge in [-0.3, -0.25) is 19.3 Å². The molecule has 2 aromatic rings. The Labute approximate surface area is 175 Å². The van der Waals surface area contributed by atoms with Gasteiger partial charge in [0.2, 0.25) is 0 Å². The van der Waals surface area contributed by atoms with Gasteiger partial charge in [-0.25, -0.2) is 4.79 Å². The maximum absolute atomic E-state index is 12.9. The summed E-state index contributed by atoms with van der Waals surface area (Å²) in [5.74, 6) is -2.37. The Kier molecular flexibility index (Phi) is 6.01. The Bertz CT molecular complexity index is 944. The van der Waals surface area contributed by atoms with Gasteiger partial charge in [-0.15, -0.1) is 0 Å². The number of carbonyl (C=O) groups is 4. The fourth-order valence-electron chi connectivity index (χ4n) is 3.30. The van der Waals surface area contributed by atoms with Gasteiger partial charge in [0.25, 0.3) is 17.7 Å². The van der Waals surface area contributed by atoms with Crippen molar-refractivity contribution in [3.63, 3.8) is 0 Å². The van der Waals surface area contributed by atoms with Crippen molar-refractivity contribution < 1.29 is 23.9 Å². The SMILES string of the molecule is CC(C)(C)NC(=O)COC(=O)C(Cc1ccccc1)N1C(=O)c2ccccc2C1=O. The highest BCUT2D eigenvalue weighted by molar-refractivity contribution is 6.22. The normalized spacial score (nSPS) is 14.3. The average Bonchev–Trinajstić information content (AvgIpc) is 2.95. The molecule has 30 heavy (non-hydrogen) atoms. The second-order valence-electron chi connectivity index (χ2n) is 8.14. The predicted molar refractivity (Wildman–Crippen MR) is 110 cm³/mol. The van der Waals surface area contributed by atoms with Crippen LogP contribution in [0.1, 0.15) is 47.1 Å². The molecule has 0 spiro atoms. The van der Waals surface area contributed by atoms with Crippen LogP contribution < -0.4 is 5.32 Å². The summed E-state index contributed by atoms with van der Waals surface area (Å²) >= 11 is 0. The summed E-state index contributed by atoms with van der Waals surface area (Å²) in [6.07, 6.45) is 0.0893. The number of ether oxygens (including phenoxy) is 1. The van der Waals surface area contributed by atoms with Crippen molar-refractivity contribution in [1.82, 2.24) is 10.2 Å². The summed E-state index contributed by atoms with van der Waals surface area (Å²) in [6.45, 7) is 4.93. The Morgan fingerprint density at radius 1 is 0.933 bits per heavy atom. The van der Waals surface area contributed by atoms with Crippen LogP contribution in [0.15, 0.2) is 54.6 Å². The minimum Gasteiger partial charge on any atom is -0.454 e. The maximum Gasteiger partial charge on any atom is 0.330 e. The van der Waals surface area contributed by atoms with E-state index in [9.17, 15) is 19.2 Å². The Hall–Kier alpha value is -3.48. The number of nitrogens with one attached hydrogen (secondary N) is 1. The van der Waals surface area contributed by atoms with Crippen LogP contribution in [0, 0.1) is 0 Å². The number of imide groups is 1. The topological polar surface area (TPSA) is 92.8 Å². The molecule has 1 atom stereocenters. The number of hydrogen-bond donors (Lipinski definition) is 1. The largest absolute Gasteiger partial charge is 0.454 e. The van der Waals surface area contributed by atoms with Crippen LogP contribution in [0.5, 0.6) is 0 Å². The van der Waals surface area contributed by atoms with E-state index in [0.29, 0.717) is 0 Å². The van der Waals surface area contributed by atoms with Crippen LogP contribution in [0.3, 0.4) is 0 Å². The van der Waals surface area contributed by atoms with Crippen molar-refractivity contribution in [3.05, 3.63) is 71.3 Å². The second kappa shape index (κ2) is 8.49. The zero-order chi connectivity index (χ0) is 21.9. The molecule has 1 heterocycles. The number of rotatable bonds is 6. The first-order valence-corrected chi connectivity index (χ1v) is 9.66. The third-order valence-electron chi connectivity index (χ3n) is 4.54. The molecule has 1 aliphatic heterocycles. The van der Waals surface area contributed by atoms with Crippen LogP contribution >= 0.6 is 0 Å². The standard InChI is InChI=1S/C23H24N2O5/c1-23(2,3)24-19(26)14-30-22(29)18(13-15-9-5-4-6-10-15)25-20(27)16-11-7-8-12-17(16)21(25)28/h4-12,18H,13-14H2,1-3H3,(H,24,26). The van der Waals surface area contributed by atoms with Gasteiger partial charge in [0, 0.05) is 12.0 Å². The van der Waals surface area contributed by atoms with Crippen LogP contribution in [0.2, 0.25) is 0 Å². The quantitative estimate of drug-likeness (QED) is 0.585. The van der Waals surface area contributed by atoms with Gasteiger partial charge in [0.15, 0.2) is 6.61 Å². The number of amides is 3. The molecular weight excluding hydrogens is 384 g/mol. The molecule has 0 radical (unpaired) electrons. The van der Waals surface area contributed by atoms with E-state index in [2.05, 4.69) is 5.32 Å². The number of carbonyl (C=O) groups excluding carboxylic acids is 4. The van der Waals surface area contributed by atoms with E-state index in [1.54, 1.807) is 48.5 Å². The highest BCUT2D eigenvalue weighted by atomic mass is 16.5. The average molecular weight is 408 g/mol. The lowest BCUT2D eigenvalue weighted by Crippen LogP contribution is -2.48. The summed E-state index contributed by atoms with van der Waals surface area (Å²) in [7, 11) is 0. The highest BCUT2D eigenvalue weighted by Crippen LogP contribution is 2.26. The molecule has 7 heteroatoms. The molecule has 0 saturated heterocycles. The molecule has 156 valence electrons. The van der Waals surface area contributed by atoms with Crippen molar-refractivity contribution in [3.8, 4) is 0 Å². The molecule has 0 saturated carbocycles. The summed E-state index contributed by atoms with van der Waals surface area (Å²) in [5, 5.41) is 2.70. The van der Waals surface area contributed by atoms with Gasteiger partial charge in [-0.05, 0) is 38.5 Å². The summed E-state index contributed by atoms with van der Waals surface area (Å²) in [4.78, 5) is 51.6. The zero-order valence-electron chi connectivity index (χ0n) is 17.2. The van der Waals surface area contributed by atoms with Crippen molar-refractivity contribution in [2.45, 2.75) is 38.8 Å². The van der Waals surface area contributed by atoms with Crippen molar-refractivity contribution in [2.24, 2.45) is 0 Å². The monoisotopic (exact) mass is 408 g/mol. The van der Waals surface area contributed by atoms with Gasteiger partial charge >= 0.3 is 5.97 Å². The van der Waals surface area contributed by atoms with E-state index in [1.165, 1.54) is 0 Å². The molecule has 0 aliphatic carbocycles. The van der Waals surface area contributed by atoms with Gasteiger partial charge in [-0.1, -0.05) is 42.5 Å². The lowest BCUT2D eigenvalue weighted by Gasteiger charge is -2.25. The zero-order valence-corrected chi connectivity index (χ0v) is 17.2. The first-order valence-electron chi connectivity index (χ1n) is 9.66. The first kappa shape index (κ1) is 21.2. The second-order valence-corrected chi connectivity index (χ2v) is 8.14. The van der Waals surface area contributed by atoms with Crippen LogP contribution in [0.25, 0.3) is 0 Å². The summed E-state index contributed by atoms with van der Waals surface area (Å²) < 4.78 is 5.19. The molecule has 3 rings (SSSR count). The van der Waals surface area contributed by atoms with Crippen molar-refractivity contribution in [1.29, 1.82) is 0 Å². The third kappa shape index (κ3) is 4.74. The van der Waals surface area contributed by atoms with E-state index in [4.69, 9.17) is 4.74 Å². The maximum atomic E-state index is 12.9. The molecule has 2 aromatic carbocycles. The summed E-state index contributed by atoms with van der Waals surface area (Å²) in [6, 6.07) is 14.3. The molecule has 1 N–H and O–H groups in total. The number of hydrogen-bond acceptors (Lipinski definition) is 5. The smallest absolute Gasteiger partial charge is 0.330 e. The molecule has 0 fully saturated rings. The van der Waals surface area contributed by atoms with E-state index >= 15 is 0 Å². The number of fused-ring (bicyclic) bond motifs is 1. The third-order valence-corrected chi connectivity index (χ3v) is 4.54. The van der Waals surface area contributed by atoms with Gasteiger partial charge in [-0.2, -0.15) is 0 Å². The van der Waals surface area contributed by atoms with Crippen molar-refractivity contribution >= 4 is 23.7 Å². The highest BCUT2D eigenvalue weighted by Gasteiger charge is 2.43. The fraction of sp³-hybridized carbons (Fsp3) is 0.304. The number of esters is 1. The fourth-order valence-corrected chi connectivity index (χ4v) is 3.30. The molecule has 7 nitrogen and oxygen atoms in total. The predicted octanol–water partition coefficient (Wildman–Crippen LogP) is 2.35. The van der Waals surface area contributed by atoms with Crippen LogP contribution in [-0.2, 0) is 20.7 Å². The van der Waals surface area contributed by atoms with E-state index in [1.807, 2.05) is 26.8 Å². The van der Waals surface area contributed by atoms with Gasteiger partial charge in [0.05, 0.1) is 11.1 Å². The minimum absolute atomic E-state index is 0.0893. The van der Waals surface area contributed by atoms with Crippen LogP contribution in [0.4, 0.5) is 0 Å². The molecular formula is C23H24N2O5. The minimum atomic E-state index is -1.18. The first-order chi connectivity index (χ1) is 14.2. The van der Waals surface area contributed by atoms with Crippen LogP contribution in [-0.4, -0.2) is 46.8 Å². The van der Waals surface area contributed by atoms with E-state index < -0.39 is 41.9 Å². The van der Waals surface area contributed by atoms with Crippen molar-refractivity contribution in [2.75, 3.05) is 6.61 Å². The number of nitrogens with zero attached hydrogens (tertiary/aromatic N) is 1. The molecule has 3 amide bonds. The van der Waals surface area contributed by atoms with Gasteiger partial charge < -0.3 is 10.1 Å². The van der Waals surface area contributed by atoms with E-state index in [0.717, 1.165) is 10.5 Å². The molecule has 0 bridgehead atoms. The molecule has 1 unspecified atom stereocenters.